The third-order valence-electron chi connectivity index (χ3n) is 5.50. The number of aryl methyl sites for hydroxylation is 2. The fourth-order valence-electron chi connectivity index (χ4n) is 4.14. The molecule has 5 rings (SSSR count). The average molecular weight is 419 g/mol. The first-order chi connectivity index (χ1) is 14.7. The molecule has 6 nitrogen and oxygen atoms in total. The minimum Gasteiger partial charge on any atom is -0.495 e. The summed E-state index contributed by atoms with van der Waals surface area (Å²) in [7, 11) is 1.65. The van der Waals surface area contributed by atoms with Gasteiger partial charge in [-0.25, -0.2) is 9.67 Å². The number of methoxy groups -OCH3 is 1. The van der Waals surface area contributed by atoms with Crippen molar-refractivity contribution in [3.05, 3.63) is 69.7 Å². The maximum Gasteiger partial charge on any atom is 0.259 e. The molecule has 4 aromatic rings. The Kier molecular flexibility index (Phi) is 4.75. The number of ether oxygens (including phenoxy) is 1. The summed E-state index contributed by atoms with van der Waals surface area (Å²) in [4.78, 5) is 21.5. The van der Waals surface area contributed by atoms with Gasteiger partial charge in [0.25, 0.3) is 5.91 Å². The molecule has 30 heavy (non-hydrogen) atoms. The van der Waals surface area contributed by atoms with Crippen LogP contribution in [0.3, 0.4) is 0 Å². The summed E-state index contributed by atoms with van der Waals surface area (Å²) in [6, 6.07) is 11.9. The smallest absolute Gasteiger partial charge is 0.259 e. The molecule has 0 bridgehead atoms. The Balaban J connectivity index is 1.59. The third-order valence-corrected chi connectivity index (χ3v) is 6.36. The highest BCUT2D eigenvalue weighted by atomic mass is 32.1. The zero-order valence-corrected chi connectivity index (χ0v) is 17.8. The predicted octanol–water partition coefficient (Wildman–Crippen LogP) is 4.45. The molecule has 0 N–H and O–H groups in total. The molecule has 1 amide bonds. The highest BCUT2D eigenvalue weighted by Gasteiger charge is 2.28. The van der Waals surface area contributed by atoms with Crippen LogP contribution < -0.4 is 9.64 Å². The van der Waals surface area contributed by atoms with Gasteiger partial charge in [-0.15, -0.1) is 11.3 Å². The van der Waals surface area contributed by atoms with Crippen LogP contribution in [0.2, 0.25) is 0 Å². The van der Waals surface area contributed by atoms with Gasteiger partial charge < -0.3 is 9.64 Å². The Bertz CT molecular complexity index is 1220. The van der Waals surface area contributed by atoms with E-state index in [1.165, 1.54) is 4.88 Å². The Labute approximate surface area is 178 Å². The van der Waals surface area contributed by atoms with E-state index < -0.39 is 0 Å². The molecule has 0 radical (unpaired) electrons. The van der Waals surface area contributed by atoms with E-state index in [0.29, 0.717) is 18.7 Å². The lowest BCUT2D eigenvalue weighted by molar-refractivity contribution is 0.0985. The molecule has 0 fully saturated rings. The van der Waals surface area contributed by atoms with Crippen molar-refractivity contribution in [2.45, 2.75) is 26.3 Å². The van der Waals surface area contributed by atoms with Crippen LogP contribution in [0.5, 0.6) is 5.75 Å². The summed E-state index contributed by atoms with van der Waals surface area (Å²) in [6.07, 6.45) is 3.63. The van der Waals surface area contributed by atoms with E-state index in [4.69, 9.17) is 9.72 Å². The fourth-order valence-corrected chi connectivity index (χ4v) is 4.83. The Morgan fingerprint density at radius 3 is 2.97 bits per heavy atom. The number of fused-ring (bicyclic) bond motifs is 2. The van der Waals surface area contributed by atoms with Gasteiger partial charge in [0.15, 0.2) is 5.65 Å². The number of rotatable bonds is 4. The number of carbonyl (C=O) groups excluding carboxylic acids is 1. The molecule has 0 atom stereocenters. The van der Waals surface area contributed by atoms with Crippen molar-refractivity contribution < 1.29 is 9.53 Å². The largest absolute Gasteiger partial charge is 0.495 e. The van der Waals surface area contributed by atoms with Gasteiger partial charge in [0.05, 0.1) is 36.5 Å². The first-order valence-corrected chi connectivity index (χ1v) is 10.9. The van der Waals surface area contributed by atoms with Gasteiger partial charge in [-0.3, -0.25) is 4.79 Å². The van der Waals surface area contributed by atoms with Crippen LogP contribution in [0.25, 0.3) is 11.0 Å². The Hall–Kier alpha value is -3.19. The summed E-state index contributed by atoms with van der Waals surface area (Å²) in [6.45, 7) is 3.23. The molecule has 1 aliphatic heterocycles. The van der Waals surface area contributed by atoms with Crippen LogP contribution in [0.15, 0.2) is 48.0 Å². The van der Waals surface area contributed by atoms with Crippen LogP contribution >= 0.6 is 11.3 Å². The summed E-state index contributed by atoms with van der Waals surface area (Å²) >= 11 is 1.69. The quantitative estimate of drug-likeness (QED) is 0.491. The van der Waals surface area contributed by atoms with E-state index >= 15 is 0 Å². The van der Waals surface area contributed by atoms with Crippen LogP contribution in [-0.2, 0) is 13.0 Å². The fraction of sp³-hybridized carbons (Fsp3) is 0.261. The van der Waals surface area contributed by atoms with Gasteiger partial charge in [-0.05, 0) is 48.9 Å². The maximum absolute atomic E-state index is 13.7. The van der Waals surface area contributed by atoms with E-state index in [-0.39, 0.29) is 5.91 Å². The summed E-state index contributed by atoms with van der Waals surface area (Å²) < 4.78 is 7.45. The number of pyridine rings is 1. The first-order valence-electron chi connectivity index (χ1n) is 9.99. The molecule has 1 aromatic carbocycles. The number of carbonyl (C=O) groups is 1. The second kappa shape index (κ2) is 7.57. The van der Waals surface area contributed by atoms with Crippen LogP contribution in [-0.4, -0.2) is 34.3 Å². The van der Waals surface area contributed by atoms with Crippen molar-refractivity contribution in [2.75, 3.05) is 18.6 Å². The molecule has 152 valence electrons. The molecule has 0 saturated heterocycles. The van der Waals surface area contributed by atoms with Gasteiger partial charge in [0, 0.05) is 17.1 Å². The highest BCUT2D eigenvalue weighted by molar-refractivity contribution is 7.09. The molecule has 0 saturated carbocycles. The van der Waals surface area contributed by atoms with Crippen molar-refractivity contribution in [2.24, 2.45) is 0 Å². The van der Waals surface area contributed by atoms with Crippen molar-refractivity contribution in [1.82, 2.24) is 14.8 Å². The van der Waals surface area contributed by atoms with Gasteiger partial charge in [-0.2, -0.15) is 5.10 Å². The molecule has 7 heteroatoms. The van der Waals surface area contributed by atoms with E-state index in [1.807, 2.05) is 40.8 Å². The van der Waals surface area contributed by atoms with E-state index in [0.717, 1.165) is 46.6 Å². The highest BCUT2D eigenvalue weighted by Crippen LogP contribution is 2.37. The van der Waals surface area contributed by atoms with Gasteiger partial charge in [0.1, 0.15) is 5.75 Å². The monoisotopic (exact) mass is 418 g/mol. The SMILES string of the molecule is COc1cccc2c1N(C(=O)c1cc(C)nc3c1cnn3Cc1cccs1)CCC2. The predicted molar refractivity (Wildman–Crippen MR) is 119 cm³/mol. The minimum absolute atomic E-state index is 0.0355. The van der Waals surface area contributed by atoms with E-state index in [1.54, 1.807) is 24.6 Å². The number of hydrogen-bond donors (Lipinski definition) is 0. The number of nitrogens with zero attached hydrogens (tertiary/aromatic N) is 4. The Morgan fingerprint density at radius 2 is 2.17 bits per heavy atom. The average Bonchev–Trinajstić information content (AvgIpc) is 3.42. The van der Waals surface area contributed by atoms with Gasteiger partial charge >= 0.3 is 0 Å². The van der Waals surface area contributed by atoms with Crippen molar-refractivity contribution >= 4 is 34.0 Å². The number of aromatic nitrogens is 3. The molecule has 0 spiro atoms. The number of hydrogen-bond acceptors (Lipinski definition) is 5. The zero-order chi connectivity index (χ0) is 20.7. The number of benzene rings is 1. The van der Waals surface area contributed by atoms with Crippen molar-refractivity contribution in [3.8, 4) is 5.75 Å². The van der Waals surface area contributed by atoms with Crippen LogP contribution in [0, 0.1) is 6.92 Å². The van der Waals surface area contributed by atoms with Gasteiger partial charge in [0.2, 0.25) is 0 Å². The second-order valence-electron chi connectivity index (χ2n) is 7.46. The number of amides is 1. The number of para-hydroxylation sites is 1. The minimum atomic E-state index is -0.0355. The lowest BCUT2D eigenvalue weighted by Gasteiger charge is -2.31. The molecular weight excluding hydrogens is 396 g/mol. The molecule has 0 unspecified atom stereocenters. The second-order valence-corrected chi connectivity index (χ2v) is 8.49. The molecule has 4 heterocycles. The topological polar surface area (TPSA) is 60.2 Å². The summed E-state index contributed by atoms with van der Waals surface area (Å²) in [5.74, 6) is 0.697. The maximum atomic E-state index is 13.7. The Morgan fingerprint density at radius 1 is 1.27 bits per heavy atom. The van der Waals surface area contributed by atoms with Crippen molar-refractivity contribution in [3.63, 3.8) is 0 Å². The zero-order valence-electron chi connectivity index (χ0n) is 17.0. The number of anilines is 1. The third kappa shape index (κ3) is 3.15. The van der Waals surface area contributed by atoms with Gasteiger partial charge in [-0.1, -0.05) is 18.2 Å². The first kappa shape index (κ1) is 18.8. The van der Waals surface area contributed by atoms with Crippen LogP contribution in [0.4, 0.5) is 5.69 Å². The van der Waals surface area contributed by atoms with E-state index in [2.05, 4.69) is 22.6 Å². The lowest BCUT2D eigenvalue weighted by atomic mass is 9.99. The normalized spacial score (nSPS) is 13.5. The molecule has 3 aromatic heterocycles. The van der Waals surface area contributed by atoms with E-state index in [9.17, 15) is 4.79 Å². The molecule has 1 aliphatic rings. The van der Waals surface area contributed by atoms with Crippen molar-refractivity contribution in [1.29, 1.82) is 0 Å². The summed E-state index contributed by atoms with van der Waals surface area (Å²) in [5, 5.41) is 7.38. The standard InChI is InChI=1S/C23H22N4O2S/c1-15-12-18(19-13-24-27(22(19)25-15)14-17-8-5-11-30-17)23(28)26-10-4-7-16-6-3-9-20(29-2)21(16)26/h3,5-6,8-9,11-13H,4,7,10,14H2,1-2H3. The summed E-state index contributed by atoms with van der Waals surface area (Å²) in [5.41, 5.74) is 4.20. The molecular formula is C23H22N4O2S. The van der Waals surface area contributed by atoms with Crippen LogP contribution in [0.1, 0.15) is 32.9 Å². The number of thiophene rings is 1. The molecule has 0 aliphatic carbocycles. The lowest BCUT2D eigenvalue weighted by Crippen LogP contribution is -2.36.